The van der Waals surface area contributed by atoms with Gasteiger partial charge >= 0.3 is 0 Å². The van der Waals surface area contributed by atoms with Crippen LogP contribution in [0.4, 0.5) is 0 Å². The normalized spacial score (nSPS) is 12.3. The summed E-state index contributed by atoms with van der Waals surface area (Å²) >= 11 is 1.87. The molecule has 15 heavy (non-hydrogen) atoms. The predicted molar refractivity (Wildman–Crippen MR) is 69.4 cm³/mol. The SMILES string of the molecule is C=CC(CSc1ccccc1)NCCC. The topological polar surface area (TPSA) is 12.0 Å². The van der Waals surface area contributed by atoms with Crippen molar-refractivity contribution in [3.05, 3.63) is 43.0 Å². The number of nitrogens with one attached hydrogen (secondary N) is 1. The van der Waals surface area contributed by atoms with E-state index in [1.807, 2.05) is 23.9 Å². The fraction of sp³-hybridized carbons (Fsp3) is 0.385. The third kappa shape index (κ3) is 5.05. The van der Waals surface area contributed by atoms with E-state index in [2.05, 4.69) is 43.1 Å². The molecule has 82 valence electrons. The third-order valence-corrected chi connectivity index (χ3v) is 3.25. The minimum absolute atomic E-state index is 0.412. The molecule has 0 aromatic heterocycles. The first-order valence-corrected chi connectivity index (χ1v) is 6.39. The zero-order chi connectivity index (χ0) is 10.9. The van der Waals surface area contributed by atoms with Gasteiger partial charge in [0.2, 0.25) is 0 Å². The van der Waals surface area contributed by atoms with Crippen molar-refractivity contribution < 1.29 is 0 Å². The molecule has 0 bridgehead atoms. The molecule has 0 amide bonds. The van der Waals surface area contributed by atoms with Crippen molar-refractivity contribution in [3.63, 3.8) is 0 Å². The van der Waals surface area contributed by atoms with Crippen LogP contribution in [0.5, 0.6) is 0 Å². The quantitative estimate of drug-likeness (QED) is 0.560. The van der Waals surface area contributed by atoms with Crippen molar-refractivity contribution in [1.82, 2.24) is 5.32 Å². The fourth-order valence-electron chi connectivity index (χ4n) is 1.24. The molecule has 1 nitrogen and oxygen atoms in total. The highest BCUT2D eigenvalue weighted by Gasteiger charge is 2.02. The van der Waals surface area contributed by atoms with Gasteiger partial charge in [0.1, 0.15) is 0 Å². The number of hydrogen-bond donors (Lipinski definition) is 1. The molecule has 1 unspecified atom stereocenters. The summed E-state index contributed by atoms with van der Waals surface area (Å²) in [6.07, 6.45) is 3.16. The molecule has 1 rings (SSSR count). The number of rotatable bonds is 7. The number of hydrogen-bond acceptors (Lipinski definition) is 2. The third-order valence-electron chi connectivity index (χ3n) is 2.11. The highest BCUT2D eigenvalue weighted by molar-refractivity contribution is 7.99. The first kappa shape index (κ1) is 12.3. The average Bonchev–Trinajstić information content (AvgIpc) is 2.31. The molecule has 0 fully saturated rings. The second-order valence-electron chi connectivity index (χ2n) is 3.42. The standard InChI is InChI=1S/C13H19NS/c1-3-10-14-12(4-2)11-15-13-8-6-5-7-9-13/h4-9,12,14H,2-3,10-11H2,1H3. The van der Waals surface area contributed by atoms with E-state index in [-0.39, 0.29) is 0 Å². The molecule has 0 aliphatic rings. The Kier molecular flexibility index (Phi) is 6.21. The fourth-order valence-corrected chi connectivity index (χ4v) is 2.22. The molecule has 0 heterocycles. The van der Waals surface area contributed by atoms with Gasteiger partial charge in [-0.05, 0) is 25.1 Å². The lowest BCUT2D eigenvalue weighted by atomic mass is 10.3. The monoisotopic (exact) mass is 221 g/mol. The summed E-state index contributed by atoms with van der Waals surface area (Å²) in [6.45, 7) is 7.09. The van der Waals surface area contributed by atoms with Gasteiger partial charge in [-0.3, -0.25) is 0 Å². The minimum atomic E-state index is 0.412. The van der Waals surface area contributed by atoms with Crippen molar-refractivity contribution in [3.8, 4) is 0 Å². The smallest absolute Gasteiger partial charge is 0.0342 e. The molecule has 0 aliphatic heterocycles. The Morgan fingerprint density at radius 3 is 2.73 bits per heavy atom. The molecule has 0 radical (unpaired) electrons. The summed E-state index contributed by atoms with van der Waals surface area (Å²) < 4.78 is 0. The second kappa shape index (κ2) is 7.55. The lowest BCUT2D eigenvalue weighted by Gasteiger charge is -2.13. The first-order valence-electron chi connectivity index (χ1n) is 5.40. The van der Waals surface area contributed by atoms with E-state index >= 15 is 0 Å². The van der Waals surface area contributed by atoms with Crippen LogP contribution in [0.25, 0.3) is 0 Å². The summed E-state index contributed by atoms with van der Waals surface area (Å²) in [4.78, 5) is 1.32. The molecular formula is C13H19NS. The Bertz CT molecular complexity index is 271. The molecule has 1 N–H and O–H groups in total. The van der Waals surface area contributed by atoms with Gasteiger partial charge < -0.3 is 5.32 Å². The van der Waals surface area contributed by atoms with Crippen LogP contribution in [0.3, 0.4) is 0 Å². The summed E-state index contributed by atoms with van der Waals surface area (Å²) in [5, 5.41) is 3.45. The van der Waals surface area contributed by atoms with E-state index in [1.54, 1.807) is 0 Å². The molecule has 2 heteroatoms. The Hall–Kier alpha value is -0.730. The maximum atomic E-state index is 3.85. The van der Waals surface area contributed by atoms with Crippen molar-refractivity contribution in [2.24, 2.45) is 0 Å². The Morgan fingerprint density at radius 2 is 2.13 bits per heavy atom. The van der Waals surface area contributed by atoms with Crippen LogP contribution in [-0.4, -0.2) is 18.3 Å². The van der Waals surface area contributed by atoms with E-state index < -0.39 is 0 Å². The summed E-state index contributed by atoms with van der Waals surface area (Å²) in [7, 11) is 0. The Balaban J connectivity index is 2.31. The minimum Gasteiger partial charge on any atom is -0.310 e. The van der Waals surface area contributed by atoms with E-state index in [0.29, 0.717) is 6.04 Å². The van der Waals surface area contributed by atoms with Gasteiger partial charge in [0.15, 0.2) is 0 Å². The van der Waals surface area contributed by atoms with Gasteiger partial charge in [0.25, 0.3) is 0 Å². The van der Waals surface area contributed by atoms with Crippen LogP contribution >= 0.6 is 11.8 Å². The summed E-state index contributed by atoms with van der Waals surface area (Å²) in [6, 6.07) is 10.9. The Morgan fingerprint density at radius 1 is 1.40 bits per heavy atom. The molecule has 0 spiro atoms. The maximum Gasteiger partial charge on any atom is 0.0342 e. The van der Waals surface area contributed by atoms with Crippen LogP contribution in [0.1, 0.15) is 13.3 Å². The summed E-state index contributed by atoms with van der Waals surface area (Å²) in [5.74, 6) is 1.05. The van der Waals surface area contributed by atoms with Crippen LogP contribution in [0, 0.1) is 0 Å². The van der Waals surface area contributed by atoms with Gasteiger partial charge in [-0.25, -0.2) is 0 Å². The molecule has 0 saturated carbocycles. The lowest BCUT2D eigenvalue weighted by molar-refractivity contribution is 0.630. The van der Waals surface area contributed by atoms with Crippen LogP contribution in [-0.2, 0) is 0 Å². The van der Waals surface area contributed by atoms with Crippen LogP contribution in [0.2, 0.25) is 0 Å². The van der Waals surface area contributed by atoms with Gasteiger partial charge in [-0.15, -0.1) is 18.3 Å². The second-order valence-corrected chi connectivity index (χ2v) is 4.51. The largest absolute Gasteiger partial charge is 0.310 e. The maximum absolute atomic E-state index is 3.85. The van der Waals surface area contributed by atoms with Crippen molar-refractivity contribution in [2.75, 3.05) is 12.3 Å². The zero-order valence-corrected chi connectivity index (χ0v) is 10.1. The molecular weight excluding hydrogens is 202 g/mol. The molecule has 1 atom stereocenters. The van der Waals surface area contributed by atoms with E-state index in [0.717, 1.165) is 12.3 Å². The van der Waals surface area contributed by atoms with Crippen LogP contribution < -0.4 is 5.32 Å². The number of thioether (sulfide) groups is 1. The predicted octanol–water partition coefficient (Wildman–Crippen LogP) is 3.33. The molecule has 0 aliphatic carbocycles. The van der Waals surface area contributed by atoms with Gasteiger partial charge in [-0.2, -0.15) is 0 Å². The van der Waals surface area contributed by atoms with Crippen molar-refractivity contribution in [1.29, 1.82) is 0 Å². The van der Waals surface area contributed by atoms with Crippen molar-refractivity contribution >= 4 is 11.8 Å². The van der Waals surface area contributed by atoms with Gasteiger partial charge in [0.05, 0.1) is 0 Å². The zero-order valence-electron chi connectivity index (χ0n) is 9.28. The Labute approximate surface area is 97.0 Å². The van der Waals surface area contributed by atoms with Gasteiger partial charge in [0, 0.05) is 16.7 Å². The first-order chi connectivity index (χ1) is 7.36. The molecule has 1 aromatic rings. The molecule has 1 aromatic carbocycles. The highest BCUT2D eigenvalue weighted by Crippen LogP contribution is 2.17. The van der Waals surface area contributed by atoms with Gasteiger partial charge in [-0.1, -0.05) is 31.2 Å². The van der Waals surface area contributed by atoms with Crippen LogP contribution in [0.15, 0.2) is 47.9 Å². The van der Waals surface area contributed by atoms with E-state index in [1.165, 1.54) is 11.3 Å². The van der Waals surface area contributed by atoms with E-state index in [9.17, 15) is 0 Å². The van der Waals surface area contributed by atoms with E-state index in [4.69, 9.17) is 0 Å². The molecule has 0 saturated heterocycles. The highest BCUT2D eigenvalue weighted by atomic mass is 32.2. The summed E-state index contributed by atoms with van der Waals surface area (Å²) in [5.41, 5.74) is 0. The lowest BCUT2D eigenvalue weighted by Crippen LogP contribution is -2.29. The average molecular weight is 221 g/mol. The van der Waals surface area contributed by atoms with Crippen molar-refractivity contribution in [2.45, 2.75) is 24.3 Å². The number of benzene rings is 1.